The zero-order chi connectivity index (χ0) is 18.6. The molecule has 1 heterocycles. The molecule has 136 valence electrons. The molecule has 0 fully saturated rings. The van der Waals surface area contributed by atoms with Crippen LogP contribution in [0.5, 0.6) is 0 Å². The van der Waals surface area contributed by atoms with Crippen LogP contribution in [0.2, 0.25) is 0 Å². The van der Waals surface area contributed by atoms with E-state index in [0.29, 0.717) is 19.5 Å². The van der Waals surface area contributed by atoms with Crippen LogP contribution in [-0.2, 0) is 11.3 Å². The number of benzene rings is 1. The summed E-state index contributed by atoms with van der Waals surface area (Å²) in [4.78, 5) is 11.6. The predicted molar refractivity (Wildman–Crippen MR) is 98.9 cm³/mol. The molecule has 0 saturated heterocycles. The Balaban J connectivity index is 2.00. The summed E-state index contributed by atoms with van der Waals surface area (Å²) in [5, 5.41) is 7.25. The van der Waals surface area contributed by atoms with Crippen LogP contribution in [0, 0.1) is 12.7 Å². The number of alkyl carbamates (subject to hydrolysis) is 1. The molecule has 2 rings (SSSR count). The van der Waals surface area contributed by atoms with Crippen molar-refractivity contribution in [2.75, 3.05) is 6.54 Å². The average Bonchev–Trinajstić information content (AvgIpc) is 2.78. The lowest BCUT2D eigenvalue weighted by molar-refractivity contribution is 0.0526. The van der Waals surface area contributed by atoms with Crippen molar-refractivity contribution in [3.63, 3.8) is 0 Å². The van der Waals surface area contributed by atoms with Gasteiger partial charge in [0.2, 0.25) is 0 Å². The fourth-order valence-corrected chi connectivity index (χ4v) is 2.85. The van der Waals surface area contributed by atoms with E-state index in [9.17, 15) is 9.18 Å². The number of aromatic nitrogens is 2. The summed E-state index contributed by atoms with van der Waals surface area (Å²) < 4.78 is 21.1. The molecule has 25 heavy (non-hydrogen) atoms. The molecule has 0 aliphatic heterocycles. The van der Waals surface area contributed by atoms with E-state index in [1.165, 1.54) is 12.1 Å². The molecule has 1 N–H and O–H groups in total. The van der Waals surface area contributed by atoms with E-state index in [4.69, 9.17) is 4.74 Å². The van der Waals surface area contributed by atoms with E-state index in [1.807, 2.05) is 32.4 Å². The molecule has 0 spiro atoms. The molecule has 0 aliphatic carbocycles. The van der Waals surface area contributed by atoms with Gasteiger partial charge in [0.1, 0.15) is 11.4 Å². The van der Waals surface area contributed by atoms with Crippen molar-refractivity contribution < 1.29 is 13.9 Å². The average molecular weight is 412 g/mol. The van der Waals surface area contributed by atoms with Crippen LogP contribution in [0.1, 0.15) is 32.9 Å². The monoisotopic (exact) mass is 411 g/mol. The van der Waals surface area contributed by atoms with Crippen LogP contribution in [0.3, 0.4) is 0 Å². The van der Waals surface area contributed by atoms with Crippen molar-refractivity contribution in [3.8, 4) is 11.3 Å². The third-order valence-corrected chi connectivity index (χ3v) is 4.34. The highest BCUT2D eigenvalue weighted by Gasteiger charge is 2.17. The number of hydrogen-bond acceptors (Lipinski definition) is 3. The first-order valence-corrected chi connectivity index (χ1v) is 8.92. The van der Waals surface area contributed by atoms with Crippen LogP contribution in [0.25, 0.3) is 11.3 Å². The highest BCUT2D eigenvalue weighted by atomic mass is 79.9. The zero-order valence-electron chi connectivity index (χ0n) is 14.9. The van der Waals surface area contributed by atoms with Gasteiger partial charge < -0.3 is 10.1 Å². The van der Waals surface area contributed by atoms with Gasteiger partial charge in [-0.25, -0.2) is 9.18 Å². The van der Waals surface area contributed by atoms with Crippen LogP contribution in [0.4, 0.5) is 9.18 Å². The molecule has 1 aromatic carbocycles. The lowest BCUT2D eigenvalue weighted by atomic mass is 10.1. The lowest BCUT2D eigenvalue weighted by Crippen LogP contribution is -2.33. The number of ether oxygens (including phenoxy) is 1. The Kier molecular flexibility index (Phi) is 6.21. The maximum absolute atomic E-state index is 13.2. The first-order valence-electron chi connectivity index (χ1n) is 8.13. The van der Waals surface area contributed by atoms with Gasteiger partial charge in [-0.3, -0.25) is 4.68 Å². The zero-order valence-corrected chi connectivity index (χ0v) is 16.5. The molecule has 0 radical (unpaired) electrons. The number of amides is 1. The summed E-state index contributed by atoms with van der Waals surface area (Å²) in [5.74, 6) is -0.274. The first-order chi connectivity index (χ1) is 11.7. The number of aryl methyl sites for hydroxylation is 2. The van der Waals surface area contributed by atoms with Crippen LogP contribution >= 0.6 is 15.9 Å². The third kappa shape index (κ3) is 5.56. The molecule has 7 heteroatoms. The molecule has 0 unspecified atom stereocenters. The second-order valence-electron chi connectivity index (χ2n) is 6.76. The number of nitrogens with one attached hydrogen (secondary N) is 1. The second kappa shape index (κ2) is 7.99. The minimum atomic E-state index is -0.510. The van der Waals surface area contributed by atoms with E-state index < -0.39 is 11.7 Å². The van der Waals surface area contributed by atoms with Gasteiger partial charge in [0.05, 0.1) is 15.9 Å². The van der Waals surface area contributed by atoms with Gasteiger partial charge in [-0.2, -0.15) is 5.10 Å². The second-order valence-corrected chi connectivity index (χ2v) is 7.55. The maximum Gasteiger partial charge on any atom is 0.407 e. The Bertz CT molecular complexity index is 736. The molecule has 0 aliphatic rings. The minimum Gasteiger partial charge on any atom is -0.444 e. The van der Waals surface area contributed by atoms with E-state index in [-0.39, 0.29) is 5.82 Å². The molecule has 1 aromatic heterocycles. The summed E-state index contributed by atoms with van der Waals surface area (Å²) in [5.41, 5.74) is 2.13. The molecule has 5 nitrogen and oxygen atoms in total. The van der Waals surface area contributed by atoms with Crippen molar-refractivity contribution in [2.24, 2.45) is 0 Å². The Morgan fingerprint density at radius 3 is 2.56 bits per heavy atom. The smallest absolute Gasteiger partial charge is 0.407 e. The standard InChI is InChI=1S/C18H23BrFN3O2/c1-12-15(19)16(13-6-8-14(20)9-7-13)23(22-12)11-5-10-21-17(24)25-18(2,3)4/h6-9H,5,10-11H2,1-4H3,(H,21,24). The van der Waals surface area contributed by atoms with Crippen molar-refractivity contribution in [3.05, 3.63) is 40.2 Å². The van der Waals surface area contributed by atoms with Crippen molar-refractivity contribution in [1.29, 1.82) is 0 Å². The quantitative estimate of drug-likeness (QED) is 0.726. The normalized spacial score (nSPS) is 11.4. The number of carbonyl (C=O) groups is 1. The Morgan fingerprint density at radius 1 is 1.32 bits per heavy atom. The maximum atomic E-state index is 13.2. The predicted octanol–water partition coefficient (Wildman–Crippen LogP) is 4.67. The van der Waals surface area contributed by atoms with Crippen LogP contribution in [-0.4, -0.2) is 28.0 Å². The van der Waals surface area contributed by atoms with E-state index in [2.05, 4.69) is 26.3 Å². The van der Waals surface area contributed by atoms with Gasteiger partial charge in [-0.15, -0.1) is 0 Å². The fourth-order valence-electron chi connectivity index (χ4n) is 2.34. The number of nitrogens with zero attached hydrogens (tertiary/aromatic N) is 2. The summed E-state index contributed by atoms with van der Waals surface area (Å²) in [6, 6.07) is 6.31. The first kappa shape index (κ1) is 19.4. The van der Waals surface area contributed by atoms with Gasteiger partial charge in [-0.1, -0.05) is 0 Å². The number of halogens is 2. The third-order valence-electron chi connectivity index (χ3n) is 3.39. The van der Waals surface area contributed by atoms with Gasteiger partial charge in [-0.05, 0) is 74.3 Å². The van der Waals surface area contributed by atoms with Crippen molar-refractivity contribution >= 4 is 22.0 Å². The Morgan fingerprint density at radius 2 is 1.96 bits per heavy atom. The Labute approximate surface area is 155 Å². The van der Waals surface area contributed by atoms with Gasteiger partial charge >= 0.3 is 6.09 Å². The van der Waals surface area contributed by atoms with E-state index >= 15 is 0 Å². The molecular formula is C18H23BrFN3O2. The Hall–Kier alpha value is -1.89. The molecule has 0 saturated carbocycles. The topological polar surface area (TPSA) is 56.2 Å². The molecule has 0 bridgehead atoms. The lowest BCUT2D eigenvalue weighted by Gasteiger charge is -2.19. The molecular weight excluding hydrogens is 389 g/mol. The number of rotatable bonds is 5. The minimum absolute atomic E-state index is 0.274. The summed E-state index contributed by atoms with van der Waals surface area (Å²) in [7, 11) is 0. The highest BCUT2D eigenvalue weighted by molar-refractivity contribution is 9.10. The van der Waals surface area contributed by atoms with Gasteiger partial charge in [0.25, 0.3) is 0 Å². The summed E-state index contributed by atoms with van der Waals surface area (Å²) >= 11 is 3.55. The molecule has 1 amide bonds. The van der Waals surface area contributed by atoms with E-state index in [1.54, 1.807) is 12.1 Å². The fraction of sp³-hybridized carbons (Fsp3) is 0.444. The molecule has 2 aromatic rings. The van der Waals surface area contributed by atoms with Gasteiger partial charge in [0, 0.05) is 18.7 Å². The van der Waals surface area contributed by atoms with Crippen molar-refractivity contribution in [2.45, 2.75) is 46.3 Å². The highest BCUT2D eigenvalue weighted by Crippen LogP contribution is 2.31. The van der Waals surface area contributed by atoms with Crippen LogP contribution < -0.4 is 5.32 Å². The molecule has 0 atom stereocenters. The number of hydrogen-bond donors (Lipinski definition) is 1. The van der Waals surface area contributed by atoms with Crippen molar-refractivity contribution in [1.82, 2.24) is 15.1 Å². The summed E-state index contributed by atoms with van der Waals surface area (Å²) in [6.07, 6.45) is 0.269. The van der Waals surface area contributed by atoms with Crippen LogP contribution in [0.15, 0.2) is 28.7 Å². The largest absolute Gasteiger partial charge is 0.444 e. The van der Waals surface area contributed by atoms with E-state index in [0.717, 1.165) is 21.4 Å². The SMILES string of the molecule is Cc1nn(CCCNC(=O)OC(C)(C)C)c(-c2ccc(F)cc2)c1Br. The van der Waals surface area contributed by atoms with Gasteiger partial charge in [0.15, 0.2) is 0 Å². The number of carbonyl (C=O) groups excluding carboxylic acids is 1. The summed E-state index contributed by atoms with van der Waals surface area (Å²) in [6.45, 7) is 8.48.